The van der Waals surface area contributed by atoms with Gasteiger partial charge in [0.15, 0.2) is 5.09 Å². The molecule has 32 valence electrons. The van der Waals surface area contributed by atoms with Crippen LogP contribution in [-0.4, -0.2) is 0 Å². The Bertz CT molecular complexity index is 136. The lowest BCUT2D eigenvalue weighted by molar-refractivity contribution is 0.645. The van der Waals surface area contributed by atoms with E-state index in [1.165, 1.54) is 5.09 Å². The zero-order chi connectivity index (χ0) is 3.98. The third kappa shape index (κ3) is 0.186. The molecule has 2 aliphatic rings. The van der Waals surface area contributed by atoms with Gasteiger partial charge in [0.05, 0.1) is 0 Å². The highest BCUT2D eigenvalue weighted by molar-refractivity contribution is 8.24. The molecule has 2 heteroatoms. The van der Waals surface area contributed by atoms with Crippen LogP contribution in [0, 0.1) is 0 Å². The van der Waals surface area contributed by atoms with E-state index in [9.17, 15) is 0 Å². The van der Waals surface area contributed by atoms with Gasteiger partial charge >= 0.3 is 0 Å². The van der Waals surface area contributed by atoms with E-state index >= 15 is 0 Å². The van der Waals surface area contributed by atoms with Crippen molar-refractivity contribution in [1.29, 1.82) is 0 Å². The Labute approximate surface area is 38.9 Å². The van der Waals surface area contributed by atoms with Crippen LogP contribution in [-0.2, 0) is 4.18 Å². The minimum Gasteiger partial charge on any atom is -0.432 e. The van der Waals surface area contributed by atoms with E-state index in [1.807, 2.05) is 12.2 Å². The van der Waals surface area contributed by atoms with Crippen molar-refractivity contribution in [1.82, 2.24) is 0 Å². The van der Waals surface area contributed by atoms with Gasteiger partial charge in [0.1, 0.15) is 0 Å². The summed E-state index contributed by atoms with van der Waals surface area (Å²) in [6.07, 6.45) is 4.07. The summed E-state index contributed by atoms with van der Waals surface area (Å²) in [4.78, 5) is 0. The maximum absolute atomic E-state index is 4.99. The van der Waals surface area contributed by atoms with Gasteiger partial charge in [-0.15, -0.1) is 0 Å². The van der Waals surface area contributed by atoms with Crippen molar-refractivity contribution < 1.29 is 4.18 Å². The van der Waals surface area contributed by atoms with Crippen molar-refractivity contribution in [3.8, 4) is 0 Å². The first-order valence-corrected chi connectivity index (χ1v) is 3.15. The van der Waals surface area contributed by atoms with Crippen LogP contribution in [0.25, 0.3) is 0 Å². The average Bonchev–Trinajstić information content (AvgIpc) is 2.17. The van der Waals surface area contributed by atoms with Gasteiger partial charge in [-0.3, -0.25) is 0 Å². The van der Waals surface area contributed by atoms with Gasteiger partial charge in [0, 0.05) is 0 Å². The Morgan fingerprint density at radius 2 is 2.67 bits per heavy atom. The highest BCUT2D eigenvalue weighted by Gasteiger charge is 2.27. The van der Waals surface area contributed by atoms with Crippen LogP contribution in [0.15, 0.2) is 22.7 Å². The lowest BCUT2D eigenvalue weighted by Gasteiger charge is -1.68. The monoisotopic (exact) mass is 100.0 g/mol. The second-order valence-electron chi connectivity index (χ2n) is 1.26. The molecule has 1 nitrogen and oxygen atoms in total. The number of hydrogen-bond acceptors (Lipinski definition) is 1. The van der Waals surface area contributed by atoms with Gasteiger partial charge in [0.25, 0.3) is 0 Å². The number of fused-ring (bicyclic) bond motifs is 1. The van der Waals surface area contributed by atoms with Crippen LogP contribution >= 0.6 is 11.2 Å². The molecule has 0 N–H and O–H groups in total. The molecule has 0 aromatic rings. The fourth-order valence-electron chi connectivity index (χ4n) is 0.492. The van der Waals surface area contributed by atoms with E-state index in [4.69, 9.17) is 4.18 Å². The molecular formula is C4H4OS. The largest absolute Gasteiger partial charge is 0.432 e. The van der Waals surface area contributed by atoms with E-state index in [0.717, 1.165) is 0 Å². The van der Waals surface area contributed by atoms with Crippen LogP contribution in [0.2, 0.25) is 0 Å². The third-order valence-corrected chi connectivity index (χ3v) is 2.18. The molecule has 0 saturated carbocycles. The second-order valence-corrected chi connectivity index (χ2v) is 2.84. The predicted molar refractivity (Wildman–Crippen MR) is 27.3 cm³/mol. The van der Waals surface area contributed by atoms with E-state index in [-0.39, 0.29) is 11.2 Å². The van der Waals surface area contributed by atoms with Crippen molar-refractivity contribution in [3.05, 3.63) is 22.7 Å². The molecule has 0 aromatic carbocycles. The minimum absolute atomic E-state index is 0.118. The summed E-state index contributed by atoms with van der Waals surface area (Å²) in [5, 5.41) is 3.30. The molecule has 6 heavy (non-hydrogen) atoms. The summed E-state index contributed by atoms with van der Waals surface area (Å²) >= 11 is -0.118. The molecule has 0 radical (unpaired) electrons. The molecule has 0 aromatic heterocycles. The molecule has 0 aliphatic carbocycles. The van der Waals surface area contributed by atoms with E-state index in [0.29, 0.717) is 0 Å². The molecule has 0 bridgehead atoms. The highest BCUT2D eigenvalue weighted by atomic mass is 32.2. The van der Waals surface area contributed by atoms with Crippen molar-refractivity contribution in [2.24, 2.45) is 0 Å². The normalized spacial score (nSPS) is 40.7. The first kappa shape index (κ1) is 2.75. The lowest BCUT2D eigenvalue weighted by Crippen LogP contribution is -1.38. The van der Waals surface area contributed by atoms with Crippen molar-refractivity contribution in [2.45, 2.75) is 0 Å². The lowest BCUT2D eigenvalue weighted by atomic mass is 10.6. The SMILES string of the molecule is C1=C[SH]2OC2=C1. The summed E-state index contributed by atoms with van der Waals surface area (Å²) < 4.78 is 4.99. The first-order valence-electron chi connectivity index (χ1n) is 1.82. The molecule has 0 spiro atoms. The standard InChI is InChI=1S/C4H4OS/c1-2-4-5-6(4)3-1/h1-3,6H. The fourth-order valence-corrected chi connectivity index (χ4v) is 1.54. The molecule has 1 atom stereocenters. The molecule has 1 saturated heterocycles. The first-order chi connectivity index (χ1) is 2.97. The van der Waals surface area contributed by atoms with Crippen LogP contribution in [0.3, 0.4) is 0 Å². The Morgan fingerprint density at radius 3 is 2.83 bits per heavy atom. The highest BCUT2D eigenvalue weighted by Crippen LogP contribution is 2.60. The maximum atomic E-state index is 4.99. The van der Waals surface area contributed by atoms with Crippen molar-refractivity contribution >= 4 is 11.2 Å². The molecule has 1 fully saturated rings. The summed E-state index contributed by atoms with van der Waals surface area (Å²) in [6.45, 7) is 0. The van der Waals surface area contributed by atoms with E-state index in [1.54, 1.807) is 0 Å². The van der Waals surface area contributed by atoms with Gasteiger partial charge in [0.2, 0.25) is 0 Å². The maximum Gasteiger partial charge on any atom is 0.185 e. The summed E-state index contributed by atoms with van der Waals surface area (Å²) in [5.41, 5.74) is 0. The quantitative estimate of drug-likeness (QED) is 0.357. The molecule has 2 rings (SSSR count). The van der Waals surface area contributed by atoms with E-state index in [2.05, 4.69) is 5.41 Å². The number of allylic oxidation sites excluding steroid dienone is 2. The van der Waals surface area contributed by atoms with Gasteiger partial charge in [-0.1, -0.05) is 0 Å². The molecular weight excluding hydrogens is 96.1 g/mol. The van der Waals surface area contributed by atoms with Gasteiger partial charge in [-0.05, 0) is 28.7 Å². The fraction of sp³-hybridized carbons (Fsp3) is 0. The predicted octanol–water partition coefficient (Wildman–Crippen LogP) is 1.30. The number of thiol groups is 1. The molecule has 0 amide bonds. The third-order valence-electron chi connectivity index (χ3n) is 0.837. The summed E-state index contributed by atoms with van der Waals surface area (Å²) in [5.74, 6) is 0. The Hall–Kier alpha value is -0.370. The van der Waals surface area contributed by atoms with Crippen molar-refractivity contribution in [2.75, 3.05) is 0 Å². The summed E-state index contributed by atoms with van der Waals surface area (Å²) in [6, 6.07) is 0. The Kier molecular flexibility index (Phi) is 0.301. The number of rotatable bonds is 0. The summed E-state index contributed by atoms with van der Waals surface area (Å²) in [7, 11) is 0. The van der Waals surface area contributed by atoms with Crippen LogP contribution in [0.1, 0.15) is 0 Å². The van der Waals surface area contributed by atoms with Crippen LogP contribution < -0.4 is 0 Å². The number of hydrogen-bond donors (Lipinski definition) is 1. The van der Waals surface area contributed by atoms with E-state index < -0.39 is 0 Å². The Balaban J connectivity index is 2.50. The topological polar surface area (TPSA) is 12.5 Å². The molecule has 2 heterocycles. The Morgan fingerprint density at radius 1 is 1.67 bits per heavy atom. The van der Waals surface area contributed by atoms with Crippen LogP contribution in [0.5, 0.6) is 0 Å². The zero-order valence-electron chi connectivity index (χ0n) is 3.09. The molecule has 1 unspecified atom stereocenters. The van der Waals surface area contributed by atoms with Gasteiger partial charge in [-0.25, -0.2) is 0 Å². The van der Waals surface area contributed by atoms with Gasteiger partial charge < -0.3 is 4.18 Å². The smallest absolute Gasteiger partial charge is 0.185 e. The second kappa shape index (κ2) is 0.658. The van der Waals surface area contributed by atoms with Crippen LogP contribution in [0.4, 0.5) is 0 Å². The molecule has 2 aliphatic heterocycles. The van der Waals surface area contributed by atoms with Gasteiger partial charge in [-0.2, -0.15) is 0 Å². The zero-order valence-corrected chi connectivity index (χ0v) is 3.98. The van der Waals surface area contributed by atoms with Crippen molar-refractivity contribution in [3.63, 3.8) is 0 Å². The minimum atomic E-state index is -0.118. The average molecular weight is 100 g/mol.